The number of unbranched alkanes of at least 4 members (excludes halogenated alkanes) is 3. The Morgan fingerprint density at radius 2 is 2.00 bits per heavy atom. The lowest BCUT2D eigenvalue weighted by Crippen LogP contribution is -1.90. The monoisotopic (exact) mass is 158 g/mol. The molecule has 0 saturated heterocycles. The van der Waals surface area contributed by atoms with Crippen LogP contribution < -0.4 is 0 Å². The fourth-order valence-electron chi connectivity index (χ4n) is 1.03. The number of hydrogen-bond acceptors (Lipinski definition) is 0. The summed E-state index contributed by atoms with van der Waals surface area (Å²) in [4.78, 5) is 0. The maximum absolute atomic E-state index is 12.3. The largest absolute Gasteiger partial charge is 0.248 e. The minimum absolute atomic E-state index is 0.614. The van der Waals surface area contributed by atoms with Crippen molar-refractivity contribution in [3.8, 4) is 0 Å². The topological polar surface area (TPSA) is 0 Å². The van der Waals surface area contributed by atoms with Crippen molar-refractivity contribution in [2.24, 2.45) is 0 Å². The summed E-state index contributed by atoms with van der Waals surface area (Å²) in [6.45, 7) is 3.66. The Kier molecular flexibility index (Phi) is 7.54. The minimum Gasteiger partial charge on any atom is -0.248 e. The van der Waals surface area contributed by atoms with E-state index in [-0.39, 0.29) is 0 Å². The fraction of sp³-hybridized carbons (Fsp3) is 0.800. The summed E-state index contributed by atoms with van der Waals surface area (Å²) in [5.41, 5.74) is 0. The smallest absolute Gasteiger partial charge is 0.0973 e. The van der Waals surface area contributed by atoms with Gasteiger partial charge >= 0.3 is 0 Å². The molecule has 0 fully saturated rings. The molecule has 11 heavy (non-hydrogen) atoms. The lowest BCUT2D eigenvalue weighted by Gasteiger charge is -1.99. The normalized spacial score (nSPS) is 14.1. The number of hydrogen-bond donors (Lipinski definition) is 0. The van der Waals surface area contributed by atoms with Crippen molar-refractivity contribution in [3.05, 3.63) is 12.2 Å². The van der Waals surface area contributed by atoms with Gasteiger partial charge in [0.2, 0.25) is 0 Å². The van der Waals surface area contributed by atoms with Gasteiger partial charge in [-0.3, -0.25) is 0 Å². The van der Waals surface area contributed by atoms with E-state index in [2.05, 4.69) is 12.2 Å². The first-order chi connectivity index (χ1) is 5.27. The maximum Gasteiger partial charge on any atom is 0.0973 e. The van der Waals surface area contributed by atoms with Gasteiger partial charge < -0.3 is 0 Å². The first-order valence-corrected chi connectivity index (χ1v) is 4.52. The Balaban J connectivity index is 2.91. The first kappa shape index (κ1) is 10.7. The van der Waals surface area contributed by atoms with Crippen LogP contribution in [0.1, 0.15) is 46.0 Å². The molecule has 66 valence electrons. The van der Waals surface area contributed by atoms with Crippen LogP contribution in [0.4, 0.5) is 4.39 Å². The van der Waals surface area contributed by atoms with Crippen molar-refractivity contribution in [2.75, 3.05) is 0 Å². The molecule has 0 aromatic carbocycles. The Bertz CT molecular complexity index is 95.0. The van der Waals surface area contributed by atoms with E-state index in [1.807, 2.05) is 6.92 Å². The molecule has 0 aromatic rings. The van der Waals surface area contributed by atoms with Crippen molar-refractivity contribution >= 4 is 0 Å². The third-order valence-electron chi connectivity index (χ3n) is 1.71. The fourth-order valence-corrected chi connectivity index (χ4v) is 1.03. The Morgan fingerprint density at radius 3 is 2.55 bits per heavy atom. The predicted octanol–water partition coefficient (Wildman–Crippen LogP) is 3.87. The van der Waals surface area contributed by atoms with Crippen LogP contribution in [0.15, 0.2) is 12.2 Å². The molecule has 0 spiro atoms. The average molecular weight is 158 g/mol. The molecular weight excluding hydrogens is 139 g/mol. The van der Waals surface area contributed by atoms with Crippen LogP contribution in [0.25, 0.3) is 0 Å². The number of halogens is 1. The second-order valence-electron chi connectivity index (χ2n) is 2.99. The zero-order chi connectivity index (χ0) is 8.53. The van der Waals surface area contributed by atoms with Gasteiger partial charge in [0.1, 0.15) is 0 Å². The van der Waals surface area contributed by atoms with E-state index in [0.717, 1.165) is 19.3 Å². The Morgan fingerprint density at radius 1 is 1.27 bits per heavy atom. The molecule has 0 aliphatic rings. The highest BCUT2D eigenvalue weighted by Crippen LogP contribution is 2.07. The summed E-state index contributed by atoms with van der Waals surface area (Å²) in [7, 11) is 0. The molecule has 0 saturated carbocycles. The van der Waals surface area contributed by atoms with E-state index in [4.69, 9.17) is 0 Å². The van der Waals surface area contributed by atoms with Gasteiger partial charge in [0, 0.05) is 0 Å². The molecule has 0 N–H and O–H groups in total. The van der Waals surface area contributed by atoms with Crippen LogP contribution in [0, 0.1) is 0 Å². The summed E-state index contributed by atoms with van der Waals surface area (Å²) in [5, 5.41) is 0. The van der Waals surface area contributed by atoms with Crippen LogP contribution in [0.5, 0.6) is 0 Å². The molecule has 0 rings (SSSR count). The summed E-state index contributed by atoms with van der Waals surface area (Å²) in [6.07, 6.45) is 8.91. The quantitative estimate of drug-likeness (QED) is 0.406. The lowest BCUT2D eigenvalue weighted by atomic mass is 10.1. The van der Waals surface area contributed by atoms with Gasteiger partial charge in [0.25, 0.3) is 0 Å². The predicted molar refractivity (Wildman–Crippen MR) is 48.5 cm³/mol. The Hall–Kier alpha value is -0.330. The average Bonchev–Trinajstić information content (AvgIpc) is 1.96. The van der Waals surface area contributed by atoms with Gasteiger partial charge in [0.15, 0.2) is 0 Å². The molecule has 0 aliphatic carbocycles. The molecule has 0 aromatic heterocycles. The van der Waals surface area contributed by atoms with Crippen molar-refractivity contribution in [2.45, 2.75) is 52.1 Å². The highest BCUT2D eigenvalue weighted by atomic mass is 19.1. The molecular formula is C10H19F. The van der Waals surface area contributed by atoms with Gasteiger partial charge in [-0.05, 0) is 33.1 Å². The van der Waals surface area contributed by atoms with Gasteiger partial charge in [-0.25, -0.2) is 4.39 Å². The van der Waals surface area contributed by atoms with Crippen molar-refractivity contribution < 1.29 is 4.39 Å². The van der Waals surface area contributed by atoms with E-state index < -0.39 is 6.17 Å². The van der Waals surface area contributed by atoms with E-state index >= 15 is 0 Å². The summed E-state index contributed by atoms with van der Waals surface area (Å²) in [5.74, 6) is 0. The minimum atomic E-state index is -0.614. The summed E-state index contributed by atoms with van der Waals surface area (Å²) in [6, 6.07) is 0. The first-order valence-electron chi connectivity index (χ1n) is 4.52. The maximum atomic E-state index is 12.3. The van der Waals surface area contributed by atoms with Crippen LogP contribution in [-0.4, -0.2) is 6.17 Å². The highest BCUT2D eigenvalue weighted by molar-refractivity contribution is 4.76. The van der Waals surface area contributed by atoms with E-state index in [1.54, 1.807) is 6.92 Å². The van der Waals surface area contributed by atoms with Crippen LogP contribution in [0.3, 0.4) is 0 Å². The zero-order valence-corrected chi connectivity index (χ0v) is 7.65. The molecule has 0 radical (unpaired) electrons. The Labute approximate surface area is 69.5 Å². The number of rotatable bonds is 6. The second kappa shape index (κ2) is 7.77. The number of alkyl halides is 1. The summed E-state index contributed by atoms with van der Waals surface area (Å²) >= 11 is 0. The standard InChI is InChI=1S/C10H19F/c1-3-4-5-6-7-8-9-10(2)11/h3-4,10H,5-9H2,1-2H3. The van der Waals surface area contributed by atoms with Gasteiger partial charge in [-0.15, -0.1) is 0 Å². The van der Waals surface area contributed by atoms with Crippen LogP contribution >= 0.6 is 0 Å². The third kappa shape index (κ3) is 9.67. The molecule has 1 atom stereocenters. The van der Waals surface area contributed by atoms with Gasteiger partial charge in [0.05, 0.1) is 6.17 Å². The molecule has 1 unspecified atom stereocenters. The van der Waals surface area contributed by atoms with Crippen LogP contribution in [0.2, 0.25) is 0 Å². The molecule has 0 heterocycles. The highest BCUT2D eigenvalue weighted by Gasteiger charge is 1.95. The SMILES string of the molecule is CC=CCCCCCC(C)F. The van der Waals surface area contributed by atoms with Gasteiger partial charge in [-0.1, -0.05) is 25.0 Å². The lowest BCUT2D eigenvalue weighted by molar-refractivity contribution is 0.330. The van der Waals surface area contributed by atoms with Crippen molar-refractivity contribution in [3.63, 3.8) is 0 Å². The third-order valence-corrected chi connectivity index (χ3v) is 1.71. The van der Waals surface area contributed by atoms with E-state index in [1.165, 1.54) is 12.8 Å². The second-order valence-corrected chi connectivity index (χ2v) is 2.99. The molecule has 0 nitrogen and oxygen atoms in total. The molecule has 0 bridgehead atoms. The van der Waals surface area contributed by atoms with Crippen molar-refractivity contribution in [1.82, 2.24) is 0 Å². The molecule has 0 amide bonds. The van der Waals surface area contributed by atoms with Crippen molar-refractivity contribution in [1.29, 1.82) is 0 Å². The number of allylic oxidation sites excluding steroid dienone is 2. The van der Waals surface area contributed by atoms with E-state index in [9.17, 15) is 4.39 Å². The zero-order valence-electron chi connectivity index (χ0n) is 7.65. The summed E-state index contributed by atoms with van der Waals surface area (Å²) < 4.78 is 12.3. The molecule has 0 aliphatic heterocycles. The van der Waals surface area contributed by atoms with Gasteiger partial charge in [-0.2, -0.15) is 0 Å². The van der Waals surface area contributed by atoms with E-state index in [0.29, 0.717) is 0 Å². The van der Waals surface area contributed by atoms with Crippen LogP contribution in [-0.2, 0) is 0 Å². The molecule has 1 heteroatoms.